The minimum atomic E-state index is -0.00168. The van der Waals surface area contributed by atoms with Crippen molar-refractivity contribution >= 4 is 21.6 Å². The van der Waals surface area contributed by atoms with E-state index in [1.807, 2.05) is 25.1 Å². The Balaban J connectivity index is 1.65. The standard InChI is InChI=1S/C26H23N3OS/c1-2-23-28-25-24(26(30)29(23)15-18-7-5-6-17(12-18)14-27)22(16-31-25)21-11-10-19-8-3-4-9-20(19)13-21/h5-7,10-13,16H,2-4,8-9,15H2,1H3. The van der Waals surface area contributed by atoms with Crippen molar-refractivity contribution in [1.82, 2.24) is 9.55 Å². The number of aryl methyl sites for hydroxylation is 3. The molecular weight excluding hydrogens is 402 g/mol. The average molecular weight is 426 g/mol. The Hall–Kier alpha value is -3.23. The van der Waals surface area contributed by atoms with Crippen LogP contribution in [0.5, 0.6) is 0 Å². The third-order valence-corrected chi connectivity index (χ3v) is 7.02. The van der Waals surface area contributed by atoms with Crippen molar-refractivity contribution in [3.8, 4) is 17.2 Å². The minimum Gasteiger partial charge on any atom is -0.292 e. The fourth-order valence-electron chi connectivity index (χ4n) is 4.53. The van der Waals surface area contributed by atoms with Gasteiger partial charge in [0.05, 0.1) is 23.6 Å². The fraction of sp³-hybridized carbons (Fsp3) is 0.269. The molecule has 0 unspecified atom stereocenters. The molecule has 154 valence electrons. The van der Waals surface area contributed by atoms with Crippen molar-refractivity contribution in [2.75, 3.05) is 0 Å². The van der Waals surface area contributed by atoms with Gasteiger partial charge < -0.3 is 0 Å². The zero-order valence-corrected chi connectivity index (χ0v) is 18.3. The highest BCUT2D eigenvalue weighted by atomic mass is 32.1. The van der Waals surface area contributed by atoms with Crippen molar-refractivity contribution in [2.24, 2.45) is 0 Å². The number of hydrogen-bond acceptors (Lipinski definition) is 4. The van der Waals surface area contributed by atoms with Gasteiger partial charge in [0.1, 0.15) is 10.7 Å². The van der Waals surface area contributed by atoms with Crippen molar-refractivity contribution in [1.29, 1.82) is 5.26 Å². The molecule has 0 fully saturated rings. The van der Waals surface area contributed by atoms with Gasteiger partial charge in [-0.25, -0.2) is 4.98 Å². The lowest BCUT2D eigenvalue weighted by Crippen LogP contribution is -2.25. The van der Waals surface area contributed by atoms with Gasteiger partial charge in [0.25, 0.3) is 5.56 Å². The minimum absolute atomic E-state index is 0.00168. The van der Waals surface area contributed by atoms with Crippen LogP contribution in [0, 0.1) is 11.3 Å². The van der Waals surface area contributed by atoms with Crippen molar-refractivity contribution in [2.45, 2.75) is 45.6 Å². The summed E-state index contributed by atoms with van der Waals surface area (Å²) in [7, 11) is 0. The van der Waals surface area contributed by atoms with Crippen LogP contribution >= 0.6 is 11.3 Å². The van der Waals surface area contributed by atoms with Crippen LogP contribution in [0.2, 0.25) is 0 Å². The topological polar surface area (TPSA) is 58.7 Å². The first-order chi connectivity index (χ1) is 15.2. The Bertz CT molecular complexity index is 1390. The molecule has 0 aliphatic heterocycles. The summed E-state index contributed by atoms with van der Waals surface area (Å²) >= 11 is 1.54. The molecule has 0 N–H and O–H groups in total. The van der Waals surface area contributed by atoms with E-state index < -0.39 is 0 Å². The van der Waals surface area contributed by atoms with Crippen molar-refractivity contribution in [3.05, 3.63) is 86.3 Å². The number of fused-ring (bicyclic) bond motifs is 2. The number of nitriles is 1. The van der Waals surface area contributed by atoms with Gasteiger partial charge in [-0.15, -0.1) is 11.3 Å². The second-order valence-electron chi connectivity index (χ2n) is 8.11. The van der Waals surface area contributed by atoms with E-state index in [0.29, 0.717) is 23.9 Å². The van der Waals surface area contributed by atoms with Gasteiger partial charge in [-0.05, 0) is 60.1 Å². The van der Waals surface area contributed by atoms with Crippen LogP contribution in [0.15, 0.2) is 52.6 Å². The molecule has 5 heteroatoms. The molecule has 5 rings (SSSR count). The summed E-state index contributed by atoms with van der Waals surface area (Å²) in [6, 6.07) is 16.3. The van der Waals surface area contributed by atoms with E-state index in [4.69, 9.17) is 4.98 Å². The second kappa shape index (κ2) is 8.13. The summed E-state index contributed by atoms with van der Waals surface area (Å²) in [4.78, 5) is 19.3. The molecule has 0 atom stereocenters. The van der Waals surface area contributed by atoms with Gasteiger partial charge in [0.15, 0.2) is 0 Å². The smallest absolute Gasteiger partial charge is 0.263 e. The predicted octanol–water partition coefficient (Wildman–Crippen LogP) is 5.49. The van der Waals surface area contributed by atoms with E-state index in [-0.39, 0.29) is 5.56 Å². The largest absolute Gasteiger partial charge is 0.292 e. The number of aromatic nitrogens is 2. The molecule has 4 aromatic rings. The maximum absolute atomic E-state index is 13.7. The molecule has 0 radical (unpaired) electrons. The Morgan fingerprint density at radius 1 is 1.13 bits per heavy atom. The highest BCUT2D eigenvalue weighted by Crippen LogP contribution is 2.34. The Kier molecular flexibility index (Phi) is 5.17. The zero-order chi connectivity index (χ0) is 21.4. The molecule has 2 heterocycles. The summed E-state index contributed by atoms with van der Waals surface area (Å²) in [6.45, 7) is 2.44. The molecule has 0 saturated carbocycles. The monoisotopic (exact) mass is 425 g/mol. The molecule has 4 nitrogen and oxygen atoms in total. The summed E-state index contributed by atoms with van der Waals surface area (Å²) in [5.41, 5.74) is 6.47. The lowest BCUT2D eigenvalue weighted by atomic mass is 9.89. The van der Waals surface area contributed by atoms with Crippen LogP contribution in [0.4, 0.5) is 0 Å². The third kappa shape index (κ3) is 3.58. The van der Waals surface area contributed by atoms with Crippen LogP contribution < -0.4 is 5.56 Å². The number of benzene rings is 2. The van der Waals surface area contributed by atoms with E-state index in [9.17, 15) is 10.1 Å². The Morgan fingerprint density at radius 2 is 1.97 bits per heavy atom. The molecule has 0 spiro atoms. The lowest BCUT2D eigenvalue weighted by molar-refractivity contribution is 0.685. The maximum Gasteiger partial charge on any atom is 0.263 e. The normalized spacial score (nSPS) is 13.2. The molecular formula is C26H23N3OS. The van der Waals surface area contributed by atoms with E-state index >= 15 is 0 Å². The molecule has 1 aliphatic rings. The van der Waals surface area contributed by atoms with Crippen molar-refractivity contribution in [3.63, 3.8) is 0 Å². The summed E-state index contributed by atoms with van der Waals surface area (Å²) in [5.74, 6) is 0.777. The number of rotatable bonds is 4. The van der Waals surface area contributed by atoms with Crippen LogP contribution in [0.3, 0.4) is 0 Å². The summed E-state index contributed by atoms with van der Waals surface area (Å²) in [6.07, 6.45) is 5.43. The number of thiophene rings is 1. The van der Waals surface area contributed by atoms with Gasteiger partial charge in [-0.3, -0.25) is 9.36 Å². The first-order valence-corrected chi connectivity index (χ1v) is 11.7. The average Bonchev–Trinajstić information content (AvgIpc) is 3.24. The highest BCUT2D eigenvalue weighted by molar-refractivity contribution is 7.17. The fourth-order valence-corrected chi connectivity index (χ4v) is 5.49. The van der Waals surface area contributed by atoms with Crippen LogP contribution in [0.1, 0.15) is 47.8 Å². The van der Waals surface area contributed by atoms with Crippen LogP contribution in [-0.2, 0) is 25.8 Å². The third-order valence-electron chi connectivity index (χ3n) is 6.15. The number of nitrogens with zero attached hydrogens (tertiary/aromatic N) is 3. The molecule has 0 bridgehead atoms. The SMILES string of the molecule is CCc1nc2scc(-c3ccc4c(c3)CCCC4)c2c(=O)n1Cc1cccc(C#N)c1. The van der Waals surface area contributed by atoms with E-state index in [0.717, 1.165) is 40.2 Å². The first-order valence-electron chi connectivity index (χ1n) is 10.8. The summed E-state index contributed by atoms with van der Waals surface area (Å²) in [5, 5.41) is 12.0. The quantitative estimate of drug-likeness (QED) is 0.435. The Morgan fingerprint density at radius 3 is 2.77 bits per heavy atom. The highest BCUT2D eigenvalue weighted by Gasteiger charge is 2.18. The van der Waals surface area contributed by atoms with Crippen molar-refractivity contribution < 1.29 is 0 Å². The lowest BCUT2D eigenvalue weighted by Gasteiger charge is -2.16. The molecule has 0 amide bonds. The predicted molar refractivity (Wildman–Crippen MR) is 126 cm³/mol. The van der Waals surface area contributed by atoms with Crippen LogP contribution in [0.25, 0.3) is 21.3 Å². The molecule has 0 saturated heterocycles. The Labute approximate surface area is 185 Å². The van der Waals surface area contributed by atoms with Gasteiger partial charge in [0, 0.05) is 17.4 Å². The molecule has 2 aromatic carbocycles. The van der Waals surface area contributed by atoms with Gasteiger partial charge in [0.2, 0.25) is 0 Å². The molecule has 31 heavy (non-hydrogen) atoms. The van der Waals surface area contributed by atoms with Gasteiger partial charge >= 0.3 is 0 Å². The molecule has 1 aliphatic carbocycles. The second-order valence-corrected chi connectivity index (χ2v) is 8.96. The maximum atomic E-state index is 13.7. The van der Waals surface area contributed by atoms with E-state index in [2.05, 4.69) is 29.6 Å². The summed E-state index contributed by atoms with van der Waals surface area (Å²) < 4.78 is 1.77. The van der Waals surface area contributed by atoms with Crippen LogP contribution in [-0.4, -0.2) is 9.55 Å². The number of hydrogen-bond donors (Lipinski definition) is 0. The van der Waals surface area contributed by atoms with Gasteiger partial charge in [-0.1, -0.05) is 37.3 Å². The van der Waals surface area contributed by atoms with E-state index in [1.54, 1.807) is 22.0 Å². The van der Waals surface area contributed by atoms with E-state index in [1.165, 1.54) is 24.0 Å². The molecule has 2 aromatic heterocycles. The zero-order valence-electron chi connectivity index (χ0n) is 17.5. The first kappa shape index (κ1) is 19.7. The van der Waals surface area contributed by atoms with Gasteiger partial charge in [-0.2, -0.15) is 5.26 Å².